The highest BCUT2D eigenvalue weighted by atomic mass is 35.7. The molecule has 0 fully saturated rings. The predicted molar refractivity (Wildman–Crippen MR) is 86.3 cm³/mol. The van der Waals surface area contributed by atoms with Crippen LogP contribution in [0.15, 0.2) is 59.0 Å². The molecule has 2 aromatic rings. The molecule has 0 aromatic heterocycles. The van der Waals surface area contributed by atoms with Gasteiger partial charge in [-0.3, -0.25) is 0 Å². The van der Waals surface area contributed by atoms with Gasteiger partial charge in [0.05, 0.1) is 17.4 Å². The number of methoxy groups -OCH3 is 1. The lowest BCUT2D eigenvalue weighted by Gasteiger charge is -2.14. The molecule has 0 amide bonds. The molecule has 0 N–H and O–H groups in total. The molecule has 2 aromatic carbocycles. The molecule has 9 heteroatoms. The Balaban J connectivity index is 2.04. The average molecular weight is 386 g/mol. The van der Waals surface area contributed by atoms with Crippen molar-refractivity contribution in [3.63, 3.8) is 0 Å². The first-order valence-corrected chi connectivity index (χ1v) is 9.80. The van der Waals surface area contributed by atoms with Gasteiger partial charge in [0.2, 0.25) is 0 Å². The summed E-state index contributed by atoms with van der Waals surface area (Å²) >= 11 is 1.10. The summed E-state index contributed by atoms with van der Waals surface area (Å²) < 4.78 is 48.2. The van der Waals surface area contributed by atoms with Crippen LogP contribution in [-0.2, 0) is 3.74 Å². The van der Waals surface area contributed by atoms with E-state index in [1.807, 2.05) is 6.07 Å². The van der Waals surface area contributed by atoms with E-state index in [1.54, 1.807) is 55.6 Å². The molecule has 0 saturated heterocycles. The normalized spacial score (nSPS) is 17.8. The van der Waals surface area contributed by atoms with E-state index >= 15 is 0 Å². The van der Waals surface area contributed by atoms with Gasteiger partial charge in [-0.05, 0) is 29.8 Å². The molecule has 24 heavy (non-hydrogen) atoms. The van der Waals surface area contributed by atoms with Gasteiger partial charge in [0, 0.05) is 17.5 Å². The summed E-state index contributed by atoms with van der Waals surface area (Å²) in [5.74, 6) is 0.668. The fourth-order valence-electron chi connectivity index (χ4n) is 2.00. The van der Waals surface area contributed by atoms with Crippen molar-refractivity contribution in [2.75, 3.05) is 7.11 Å². The van der Waals surface area contributed by atoms with E-state index in [0.29, 0.717) is 20.6 Å². The zero-order valence-corrected chi connectivity index (χ0v) is 14.8. The van der Waals surface area contributed by atoms with Gasteiger partial charge >= 0.3 is 0 Å². The Hall–Kier alpha value is -1.39. The first kappa shape index (κ1) is 17.4. The van der Waals surface area contributed by atoms with Gasteiger partial charge in [0.15, 0.2) is 10.8 Å². The number of halogens is 1. The van der Waals surface area contributed by atoms with Crippen LogP contribution < -0.4 is 18.7 Å². The van der Waals surface area contributed by atoms with E-state index in [9.17, 15) is 14.0 Å². The summed E-state index contributed by atoms with van der Waals surface area (Å²) in [5, 5.41) is 0.415. The van der Waals surface area contributed by atoms with Crippen LogP contribution in [0.3, 0.4) is 0 Å². The van der Waals surface area contributed by atoms with Crippen molar-refractivity contribution in [3.8, 4) is 5.75 Å². The molecule has 1 atom stereocenters. The van der Waals surface area contributed by atoms with Crippen molar-refractivity contribution in [2.24, 2.45) is 4.40 Å². The SMILES string of the molecule is COc1ccc(C2=S(O[Cl+3]([O-])([O-])[O-])C(c3ccccc3)=NS2)cc1. The van der Waals surface area contributed by atoms with Crippen LogP contribution in [0.1, 0.15) is 11.1 Å². The molecule has 1 unspecified atom stereocenters. The third kappa shape index (κ3) is 3.98. The van der Waals surface area contributed by atoms with E-state index in [1.165, 1.54) is 0 Å². The Labute approximate surface area is 147 Å². The Morgan fingerprint density at radius 3 is 2.21 bits per heavy atom. The summed E-state index contributed by atoms with van der Waals surface area (Å²) in [6, 6.07) is 16.0. The zero-order chi connectivity index (χ0) is 17.2. The van der Waals surface area contributed by atoms with Gasteiger partial charge < -0.3 is 4.74 Å². The van der Waals surface area contributed by atoms with Crippen LogP contribution >= 0.6 is 22.7 Å². The van der Waals surface area contributed by atoms with Crippen molar-refractivity contribution >= 4 is 32.0 Å². The molecule has 126 valence electrons. The van der Waals surface area contributed by atoms with Gasteiger partial charge in [-0.2, -0.15) is 14.0 Å². The molecule has 3 rings (SSSR count). The second-order valence-electron chi connectivity index (χ2n) is 4.58. The summed E-state index contributed by atoms with van der Waals surface area (Å²) in [6.45, 7) is 0. The number of benzene rings is 2. The first-order valence-electron chi connectivity index (χ1n) is 6.65. The maximum absolute atomic E-state index is 11.1. The van der Waals surface area contributed by atoms with Gasteiger partial charge in [0.1, 0.15) is 18.7 Å². The molecule has 1 aliphatic rings. The monoisotopic (exact) mass is 385 g/mol. The van der Waals surface area contributed by atoms with E-state index in [-0.39, 0.29) is 0 Å². The maximum atomic E-state index is 11.1. The lowest BCUT2D eigenvalue weighted by Crippen LogP contribution is -2.60. The minimum atomic E-state index is -4.59. The van der Waals surface area contributed by atoms with E-state index in [4.69, 9.17) is 8.47 Å². The molecular formula is C15H12ClNO5S2. The highest BCUT2D eigenvalue weighted by molar-refractivity contribution is 8.41. The van der Waals surface area contributed by atoms with Crippen molar-refractivity contribution in [1.29, 1.82) is 0 Å². The lowest BCUT2D eigenvalue weighted by atomic mass is 10.2. The highest BCUT2D eigenvalue weighted by Gasteiger charge is 2.35. The van der Waals surface area contributed by atoms with E-state index < -0.39 is 21.0 Å². The van der Waals surface area contributed by atoms with Crippen molar-refractivity contribution < 1.29 is 32.7 Å². The van der Waals surface area contributed by atoms with Crippen LogP contribution in [0.2, 0.25) is 0 Å². The standard InChI is InChI=1S/C15H12ClNO5S2/c1-21-13-9-7-12(8-10-13)15-23-17-14(11-5-3-2-4-6-11)24(15)22-16(18,19)20/h2-10H,1H3. The van der Waals surface area contributed by atoms with Crippen LogP contribution in [0.25, 0.3) is 0 Å². The number of nitrogens with zero attached hydrogens (tertiary/aromatic N) is 1. The maximum Gasteiger partial charge on any atom is 0.175 e. The third-order valence-corrected chi connectivity index (χ3v) is 6.88. The Morgan fingerprint density at radius 1 is 0.958 bits per heavy atom. The van der Waals surface area contributed by atoms with Gasteiger partial charge in [0.25, 0.3) is 0 Å². The quantitative estimate of drug-likeness (QED) is 0.545. The van der Waals surface area contributed by atoms with Crippen LogP contribution in [-0.4, -0.2) is 16.4 Å². The molecule has 6 nitrogen and oxygen atoms in total. The minimum Gasteiger partial charge on any atom is -0.497 e. The fourth-order valence-corrected chi connectivity index (χ4v) is 5.71. The zero-order valence-electron chi connectivity index (χ0n) is 12.4. The largest absolute Gasteiger partial charge is 0.497 e. The molecule has 1 heterocycles. The summed E-state index contributed by atoms with van der Waals surface area (Å²) in [6.07, 6.45) is 0. The van der Waals surface area contributed by atoms with Crippen LogP contribution in [0.5, 0.6) is 5.75 Å². The average Bonchev–Trinajstić information content (AvgIpc) is 2.97. The number of rotatable bonds is 5. The number of hydrogen-bond donors (Lipinski definition) is 0. The summed E-state index contributed by atoms with van der Waals surface area (Å²) in [4.78, 5) is 0. The van der Waals surface area contributed by atoms with Gasteiger partial charge in [-0.1, -0.05) is 30.3 Å². The van der Waals surface area contributed by atoms with Crippen LogP contribution in [0, 0.1) is 10.2 Å². The Morgan fingerprint density at radius 2 is 1.62 bits per heavy atom. The second kappa shape index (κ2) is 7.24. The van der Waals surface area contributed by atoms with Crippen molar-refractivity contribution in [1.82, 2.24) is 0 Å². The second-order valence-corrected chi connectivity index (χ2v) is 8.20. The minimum absolute atomic E-state index is 0.415. The van der Waals surface area contributed by atoms with Gasteiger partial charge in [-0.25, -0.2) is 4.40 Å². The first-order chi connectivity index (χ1) is 11.5. The molecule has 0 saturated carbocycles. The molecular weight excluding hydrogens is 374 g/mol. The van der Waals surface area contributed by atoms with E-state index in [2.05, 4.69) is 4.40 Å². The highest BCUT2D eigenvalue weighted by Crippen LogP contribution is 2.40. The number of ether oxygens (including phenoxy) is 1. The Bertz CT molecular complexity index is 788. The predicted octanol–water partition coefficient (Wildman–Crippen LogP) is 0.380. The van der Waals surface area contributed by atoms with Gasteiger partial charge in [-0.15, -0.1) is 0 Å². The summed E-state index contributed by atoms with van der Waals surface area (Å²) in [5.41, 5.74) is 1.42. The lowest BCUT2D eigenvalue weighted by molar-refractivity contribution is -1.91. The summed E-state index contributed by atoms with van der Waals surface area (Å²) in [7, 11) is -4.44. The smallest absolute Gasteiger partial charge is 0.175 e. The van der Waals surface area contributed by atoms with Crippen LogP contribution in [0.4, 0.5) is 0 Å². The van der Waals surface area contributed by atoms with E-state index in [0.717, 1.165) is 17.5 Å². The number of hydrogen-bond acceptors (Lipinski definition) is 7. The fraction of sp³-hybridized carbons (Fsp3) is 0.0667. The Kier molecular flexibility index (Phi) is 5.26. The third-order valence-electron chi connectivity index (χ3n) is 3.04. The molecule has 0 spiro atoms. The molecule has 0 bridgehead atoms. The van der Waals surface area contributed by atoms with Crippen molar-refractivity contribution in [3.05, 3.63) is 65.7 Å². The molecule has 1 aliphatic heterocycles. The topological polar surface area (TPSA) is 100 Å². The van der Waals surface area contributed by atoms with Crippen molar-refractivity contribution in [2.45, 2.75) is 0 Å². The molecule has 0 radical (unpaired) electrons. The molecule has 0 aliphatic carbocycles.